The van der Waals surface area contributed by atoms with E-state index >= 15 is 0 Å². The van der Waals surface area contributed by atoms with Gasteiger partial charge in [-0.1, -0.05) is 13.8 Å². The van der Waals surface area contributed by atoms with Crippen LogP contribution in [0.4, 0.5) is 0 Å². The molecule has 0 amide bonds. The van der Waals surface area contributed by atoms with Crippen molar-refractivity contribution in [2.45, 2.75) is 27.2 Å². The molecule has 82 valence electrons. The van der Waals surface area contributed by atoms with Crippen molar-refractivity contribution in [3.8, 4) is 0 Å². The summed E-state index contributed by atoms with van der Waals surface area (Å²) in [7, 11) is 0. The summed E-state index contributed by atoms with van der Waals surface area (Å²) >= 11 is 0. The van der Waals surface area contributed by atoms with Crippen molar-refractivity contribution in [2.75, 3.05) is 0 Å². The molecule has 0 bridgehead atoms. The first-order valence-electron chi connectivity index (χ1n) is 4.90. The van der Waals surface area contributed by atoms with Crippen molar-refractivity contribution in [1.29, 1.82) is 0 Å². The quantitative estimate of drug-likeness (QED) is 0.565. The number of allylic oxidation sites excluding steroid dienone is 1. The number of hydrogen-bond donors (Lipinski definition) is 0. The van der Waals surface area contributed by atoms with Crippen LogP contribution in [0.25, 0.3) is 6.08 Å². The molecule has 0 unspecified atom stereocenters. The number of rotatable bonds is 4. The van der Waals surface area contributed by atoms with Crippen LogP contribution in [-0.4, -0.2) is 4.92 Å². The van der Waals surface area contributed by atoms with Gasteiger partial charge in [0.2, 0.25) is 5.70 Å². The van der Waals surface area contributed by atoms with E-state index in [9.17, 15) is 10.1 Å². The van der Waals surface area contributed by atoms with Crippen LogP contribution >= 0.6 is 0 Å². The monoisotopic (exact) mass is 209 g/mol. The van der Waals surface area contributed by atoms with E-state index in [1.807, 2.05) is 20.8 Å². The topological polar surface area (TPSA) is 56.3 Å². The lowest BCUT2D eigenvalue weighted by atomic mass is 10.1. The van der Waals surface area contributed by atoms with E-state index in [4.69, 9.17) is 4.42 Å². The highest BCUT2D eigenvalue weighted by molar-refractivity contribution is 5.45. The molecule has 0 aliphatic carbocycles. The van der Waals surface area contributed by atoms with Crippen LogP contribution in [0.3, 0.4) is 0 Å². The van der Waals surface area contributed by atoms with Gasteiger partial charge < -0.3 is 4.42 Å². The molecule has 1 heterocycles. The fraction of sp³-hybridized carbons (Fsp3) is 0.455. The zero-order valence-corrected chi connectivity index (χ0v) is 9.19. The molecule has 4 heteroatoms. The van der Waals surface area contributed by atoms with Gasteiger partial charge in [0.05, 0.1) is 11.0 Å². The average molecular weight is 209 g/mol. The van der Waals surface area contributed by atoms with Gasteiger partial charge in [-0.2, -0.15) is 0 Å². The van der Waals surface area contributed by atoms with Crippen molar-refractivity contribution in [1.82, 2.24) is 0 Å². The second-order valence-electron chi connectivity index (χ2n) is 3.94. The second kappa shape index (κ2) is 4.77. The fourth-order valence-electron chi connectivity index (χ4n) is 1.30. The van der Waals surface area contributed by atoms with E-state index in [-0.39, 0.29) is 16.5 Å². The summed E-state index contributed by atoms with van der Waals surface area (Å²) in [4.78, 5) is 10.4. The summed E-state index contributed by atoms with van der Waals surface area (Å²) in [6, 6.07) is 3.53. The molecule has 0 N–H and O–H groups in total. The minimum atomic E-state index is -0.349. The lowest BCUT2D eigenvalue weighted by Crippen LogP contribution is -2.02. The maximum Gasteiger partial charge on any atom is 0.250 e. The lowest BCUT2D eigenvalue weighted by Gasteiger charge is -2.00. The van der Waals surface area contributed by atoms with Crippen LogP contribution in [0.5, 0.6) is 0 Å². The predicted octanol–water partition coefficient (Wildman–Crippen LogP) is 3.25. The molecule has 1 aromatic heterocycles. The number of hydrogen-bond acceptors (Lipinski definition) is 3. The van der Waals surface area contributed by atoms with Crippen LogP contribution in [0.2, 0.25) is 0 Å². The summed E-state index contributed by atoms with van der Waals surface area (Å²) in [5.74, 6) is 1.56. The zero-order chi connectivity index (χ0) is 11.4. The normalized spacial score (nSPS) is 12.1. The SMILES string of the molecule is Cc1ccc(C=C(CC(C)C)[N+](=O)[O-])o1. The van der Waals surface area contributed by atoms with Crippen LogP contribution in [-0.2, 0) is 0 Å². The molecule has 1 rings (SSSR count). The van der Waals surface area contributed by atoms with Crippen LogP contribution < -0.4 is 0 Å². The molecule has 1 aromatic rings. The van der Waals surface area contributed by atoms with Crippen molar-refractivity contribution >= 4 is 6.08 Å². The summed E-state index contributed by atoms with van der Waals surface area (Å²) < 4.78 is 5.26. The Balaban J connectivity index is 2.88. The minimum absolute atomic E-state index is 0.194. The second-order valence-corrected chi connectivity index (χ2v) is 3.94. The van der Waals surface area contributed by atoms with Gasteiger partial charge >= 0.3 is 0 Å². The highest BCUT2D eigenvalue weighted by Crippen LogP contribution is 2.17. The van der Waals surface area contributed by atoms with E-state index in [0.29, 0.717) is 12.2 Å². The molecular weight excluding hydrogens is 194 g/mol. The van der Waals surface area contributed by atoms with Crippen LogP contribution in [0, 0.1) is 23.0 Å². The van der Waals surface area contributed by atoms with Crippen molar-refractivity contribution in [2.24, 2.45) is 5.92 Å². The molecule has 15 heavy (non-hydrogen) atoms. The Morgan fingerprint density at radius 1 is 1.60 bits per heavy atom. The van der Waals surface area contributed by atoms with E-state index in [1.54, 1.807) is 12.1 Å². The van der Waals surface area contributed by atoms with Gasteiger partial charge in [-0.05, 0) is 25.0 Å². The zero-order valence-electron chi connectivity index (χ0n) is 9.19. The van der Waals surface area contributed by atoms with Gasteiger partial charge in [0.1, 0.15) is 11.5 Å². The molecule has 0 saturated carbocycles. The Kier molecular flexibility index (Phi) is 3.66. The van der Waals surface area contributed by atoms with E-state index < -0.39 is 0 Å². The van der Waals surface area contributed by atoms with E-state index in [1.165, 1.54) is 6.08 Å². The number of aryl methyl sites for hydroxylation is 1. The van der Waals surface area contributed by atoms with Crippen LogP contribution in [0.1, 0.15) is 31.8 Å². The highest BCUT2D eigenvalue weighted by atomic mass is 16.6. The van der Waals surface area contributed by atoms with Crippen LogP contribution in [0.15, 0.2) is 22.2 Å². The number of nitrogens with zero attached hydrogens (tertiary/aromatic N) is 1. The largest absolute Gasteiger partial charge is 0.462 e. The molecule has 0 saturated heterocycles. The Labute approximate surface area is 88.7 Å². The van der Waals surface area contributed by atoms with Gasteiger partial charge in [0.25, 0.3) is 0 Å². The van der Waals surface area contributed by atoms with E-state index in [0.717, 1.165) is 5.76 Å². The predicted molar refractivity (Wildman–Crippen MR) is 57.9 cm³/mol. The van der Waals surface area contributed by atoms with Gasteiger partial charge in [-0.25, -0.2) is 0 Å². The molecule has 0 spiro atoms. The summed E-state index contributed by atoms with van der Waals surface area (Å²) in [6.45, 7) is 5.71. The van der Waals surface area contributed by atoms with Gasteiger partial charge in [0, 0.05) is 6.42 Å². The third-order valence-electron chi connectivity index (χ3n) is 1.92. The van der Waals surface area contributed by atoms with Crippen molar-refractivity contribution in [3.05, 3.63) is 39.5 Å². The molecule has 4 nitrogen and oxygen atoms in total. The number of furan rings is 1. The Bertz CT molecular complexity index is 377. The van der Waals surface area contributed by atoms with Gasteiger partial charge in [-0.3, -0.25) is 10.1 Å². The molecular formula is C11H15NO3. The first kappa shape index (κ1) is 11.5. The summed E-state index contributed by atoms with van der Waals surface area (Å²) in [5, 5.41) is 10.7. The third kappa shape index (κ3) is 3.58. The van der Waals surface area contributed by atoms with Gasteiger partial charge in [0.15, 0.2) is 0 Å². The average Bonchev–Trinajstić information content (AvgIpc) is 2.49. The molecule has 0 aromatic carbocycles. The first-order valence-corrected chi connectivity index (χ1v) is 4.90. The van der Waals surface area contributed by atoms with Crippen molar-refractivity contribution in [3.63, 3.8) is 0 Å². The molecule has 0 aliphatic heterocycles. The molecule has 0 aliphatic rings. The Hall–Kier alpha value is -1.58. The summed E-state index contributed by atoms with van der Waals surface area (Å²) in [5.41, 5.74) is 0.194. The minimum Gasteiger partial charge on any atom is -0.462 e. The lowest BCUT2D eigenvalue weighted by molar-refractivity contribution is -0.427. The maximum absolute atomic E-state index is 10.7. The Morgan fingerprint density at radius 3 is 2.67 bits per heavy atom. The first-order chi connectivity index (χ1) is 6.99. The fourth-order valence-corrected chi connectivity index (χ4v) is 1.30. The van der Waals surface area contributed by atoms with Crippen molar-refractivity contribution < 1.29 is 9.34 Å². The number of nitro groups is 1. The highest BCUT2D eigenvalue weighted by Gasteiger charge is 2.13. The molecule has 0 atom stereocenters. The van der Waals surface area contributed by atoms with Gasteiger partial charge in [-0.15, -0.1) is 0 Å². The molecule has 0 fully saturated rings. The molecule has 0 radical (unpaired) electrons. The summed E-state index contributed by atoms with van der Waals surface area (Å²) in [6.07, 6.45) is 1.94. The van der Waals surface area contributed by atoms with E-state index in [2.05, 4.69) is 0 Å². The third-order valence-corrected chi connectivity index (χ3v) is 1.92. The smallest absolute Gasteiger partial charge is 0.250 e. The maximum atomic E-state index is 10.7. The Morgan fingerprint density at radius 2 is 2.27 bits per heavy atom. The standard InChI is InChI=1S/C11H15NO3/c1-8(2)6-10(12(13)14)7-11-5-4-9(3)15-11/h4-5,7-8H,6H2,1-3H3.